The second kappa shape index (κ2) is 7.08. The van der Waals surface area contributed by atoms with Crippen LogP contribution in [0.2, 0.25) is 0 Å². The van der Waals surface area contributed by atoms with Crippen LogP contribution >= 0.6 is 0 Å². The van der Waals surface area contributed by atoms with Crippen LogP contribution < -0.4 is 10.1 Å². The van der Waals surface area contributed by atoms with E-state index in [9.17, 15) is 9.90 Å². The van der Waals surface area contributed by atoms with Crippen molar-refractivity contribution in [2.24, 2.45) is 0 Å². The van der Waals surface area contributed by atoms with E-state index in [-0.39, 0.29) is 17.9 Å². The summed E-state index contributed by atoms with van der Waals surface area (Å²) in [4.78, 5) is 14.2. The zero-order valence-corrected chi connectivity index (χ0v) is 14.3. The Bertz CT molecular complexity index is 554. The van der Waals surface area contributed by atoms with Gasteiger partial charge < -0.3 is 19.9 Å². The number of hydrogen-bond acceptors (Lipinski definition) is 5. The van der Waals surface area contributed by atoms with Crippen LogP contribution in [0.4, 0.5) is 4.79 Å². The van der Waals surface area contributed by atoms with E-state index in [0.717, 1.165) is 12.1 Å². The lowest BCUT2D eigenvalue weighted by molar-refractivity contribution is 0.0117. The van der Waals surface area contributed by atoms with Crippen molar-refractivity contribution in [1.29, 1.82) is 0 Å². The summed E-state index contributed by atoms with van der Waals surface area (Å²) >= 11 is 0. The van der Waals surface area contributed by atoms with Crippen molar-refractivity contribution in [2.75, 3.05) is 26.2 Å². The molecule has 6 heteroatoms. The van der Waals surface area contributed by atoms with Gasteiger partial charge in [-0.15, -0.1) is 0 Å². The molecule has 2 N–H and O–H groups in total. The fourth-order valence-electron chi connectivity index (χ4n) is 2.55. The van der Waals surface area contributed by atoms with E-state index in [1.807, 2.05) is 33.8 Å². The molecule has 1 aliphatic rings. The number of aromatic hydroxyl groups is 1. The number of benzene rings is 1. The number of nitrogens with one attached hydrogen (secondary N) is 1. The van der Waals surface area contributed by atoms with Gasteiger partial charge in [0.1, 0.15) is 5.60 Å². The van der Waals surface area contributed by atoms with Crippen LogP contribution in [0.1, 0.15) is 39.3 Å². The number of piperazine rings is 1. The van der Waals surface area contributed by atoms with E-state index in [1.165, 1.54) is 0 Å². The van der Waals surface area contributed by atoms with E-state index in [2.05, 4.69) is 5.32 Å². The Morgan fingerprint density at radius 3 is 2.83 bits per heavy atom. The van der Waals surface area contributed by atoms with E-state index in [0.29, 0.717) is 25.4 Å². The topological polar surface area (TPSA) is 71.0 Å². The van der Waals surface area contributed by atoms with Gasteiger partial charge in [-0.2, -0.15) is 0 Å². The fourth-order valence-corrected chi connectivity index (χ4v) is 2.55. The highest BCUT2D eigenvalue weighted by Gasteiger charge is 2.31. The molecular weight excluding hydrogens is 296 g/mol. The predicted octanol–water partition coefficient (Wildman–Crippen LogP) is 2.67. The Morgan fingerprint density at radius 1 is 1.43 bits per heavy atom. The highest BCUT2D eigenvalue weighted by molar-refractivity contribution is 5.69. The molecule has 1 fully saturated rings. The molecule has 1 atom stereocenters. The van der Waals surface area contributed by atoms with Crippen molar-refractivity contribution in [3.05, 3.63) is 23.8 Å². The summed E-state index contributed by atoms with van der Waals surface area (Å²) in [6, 6.07) is 5.04. The Labute approximate surface area is 137 Å². The zero-order chi connectivity index (χ0) is 17.0. The average molecular weight is 322 g/mol. The molecule has 0 bridgehead atoms. The summed E-state index contributed by atoms with van der Waals surface area (Å²) in [5.41, 5.74) is 0.377. The molecule has 1 amide bonds. The Morgan fingerprint density at radius 2 is 2.17 bits per heavy atom. The molecule has 2 rings (SSSR count). The Balaban J connectivity index is 2.24. The van der Waals surface area contributed by atoms with Crippen molar-refractivity contribution in [3.8, 4) is 11.5 Å². The maximum atomic E-state index is 12.5. The number of hydrogen-bond donors (Lipinski definition) is 2. The third-order valence-electron chi connectivity index (χ3n) is 3.54. The van der Waals surface area contributed by atoms with Crippen molar-refractivity contribution in [3.63, 3.8) is 0 Å². The third-order valence-corrected chi connectivity index (χ3v) is 3.54. The average Bonchev–Trinajstić information content (AvgIpc) is 2.48. The third kappa shape index (κ3) is 4.51. The van der Waals surface area contributed by atoms with Gasteiger partial charge in [-0.25, -0.2) is 4.79 Å². The minimum absolute atomic E-state index is 0.100. The molecule has 1 unspecified atom stereocenters. The molecule has 0 radical (unpaired) electrons. The molecule has 1 heterocycles. The van der Waals surface area contributed by atoms with Crippen LogP contribution in [0.25, 0.3) is 0 Å². The zero-order valence-electron chi connectivity index (χ0n) is 14.3. The summed E-state index contributed by atoms with van der Waals surface area (Å²) in [6.45, 7) is 9.84. The second-order valence-electron chi connectivity index (χ2n) is 6.55. The highest BCUT2D eigenvalue weighted by atomic mass is 16.6. The van der Waals surface area contributed by atoms with Gasteiger partial charge in [-0.1, -0.05) is 6.07 Å². The molecule has 0 aromatic heterocycles. The lowest BCUT2D eigenvalue weighted by Gasteiger charge is -2.37. The summed E-state index contributed by atoms with van der Waals surface area (Å²) in [5.74, 6) is 0.530. The summed E-state index contributed by atoms with van der Waals surface area (Å²) in [7, 11) is 0. The van der Waals surface area contributed by atoms with Crippen LogP contribution in [0.5, 0.6) is 11.5 Å². The van der Waals surface area contributed by atoms with Gasteiger partial charge in [0, 0.05) is 19.6 Å². The van der Waals surface area contributed by atoms with Crippen molar-refractivity contribution >= 4 is 6.09 Å². The van der Waals surface area contributed by atoms with Crippen molar-refractivity contribution < 1.29 is 19.4 Å². The van der Waals surface area contributed by atoms with Gasteiger partial charge in [0.15, 0.2) is 11.5 Å². The van der Waals surface area contributed by atoms with Crippen LogP contribution in [0.3, 0.4) is 0 Å². The van der Waals surface area contributed by atoms with E-state index < -0.39 is 5.60 Å². The molecule has 1 saturated heterocycles. The van der Waals surface area contributed by atoms with Crippen molar-refractivity contribution in [1.82, 2.24) is 10.2 Å². The van der Waals surface area contributed by atoms with Crippen LogP contribution in [-0.2, 0) is 4.74 Å². The lowest BCUT2D eigenvalue weighted by Crippen LogP contribution is -2.50. The minimum Gasteiger partial charge on any atom is -0.504 e. The summed E-state index contributed by atoms with van der Waals surface area (Å²) in [6.07, 6.45) is -0.324. The minimum atomic E-state index is -0.530. The lowest BCUT2D eigenvalue weighted by atomic mass is 10.0. The van der Waals surface area contributed by atoms with E-state index in [1.54, 1.807) is 17.0 Å². The molecule has 1 aliphatic heterocycles. The Kier molecular flexibility index (Phi) is 5.36. The van der Waals surface area contributed by atoms with Gasteiger partial charge >= 0.3 is 6.09 Å². The van der Waals surface area contributed by atoms with E-state index in [4.69, 9.17) is 9.47 Å². The highest BCUT2D eigenvalue weighted by Crippen LogP contribution is 2.32. The number of amides is 1. The largest absolute Gasteiger partial charge is 0.504 e. The SMILES string of the molecule is CCOc1cc(C2CNCCN2C(=O)OC(C)(C)C)ccc1O. The van der Waals surface area contributed by atoms with Crippen LogP contribution in [0, 0.1) is 0 Å². The molecule has 128 valence electrons. The van der Waals surface area contributed by atoms with Gasteiger partial charge in [0.25, 0.3) is 0 Å². The molecule has 6 nitrogen and oxygen atoms in total. The maximum absolute atomic E-state index is 12.5. The van der Waals surface area contributed by atoms with Gasteiger partial charge in [0.2, 0.25) is 0 Å². The molecule has 23 heavy (non-hydrogen) atoms. The maximum Gasteiger partial charge on any atom is 0.410 e. The van der Waals surface area contributed by atoms with Gasteiger partial charge in [-0.3, -0.25) is 4.90 Å². The molecule has 0 aliphatic carbocycles. The number of phenols is 1. The summed E-state index contributed by atoms with van der Waals surface area (Å²) < 4.78 is 10.9. The molecule has 0 saturated carbocycles. The van der Waals surface area contributed by atoms with Crippen LogP contribution in [0.15, 0.2) is 18.2 Å². The first-order valence-electron chi connectivity index (χ1n) is 7.98. The number of phenolic OH excluding ortho intramolecular Hbond substituents is 1. The number of nitrogens with zero attached hydrogens (tertiary/aromatic N) is 1. The molecule has 0 spiro atoms. The number of carbonyl (C=O) groups excluding carboxylic acids is 1. The normalized spacial score (nSPS) is 18.6. The van der Waals surface area contributed by atoms with Crippen LogP contribution in [-0.4, -0.2) is 47.9 Å². The van der Waals surface area contributed by atoms with Crippen molar-refractivity contribution in [2.45, 2.75) is 39.3 Å². The Hall–Kier alpha value is -1.95. The van der Waals surface area contributed by atoms with E-state index >= 15 is 0 Å². The first-order valence-corrected chi connectivity index (χ1v) is 7.98. The summed E-state index contributed by atoms with van der Waals surface area (Å²) in [5, 5.41) is 13.1. The first kappa shape index (κ1) is 17.4. The predicted molar refractivity (Wildman–Crippen MR) is 87.8 cm³/mol. The fraction of sp³-hybridized carbons (Fsp3) is 0.588. The standard InChI is InChI=1S/C17H26N2O4/c1-5-22-15-10-12(6-7-14(15)20)13-11-18-8-9-19(13)16(21)23-17(2,3)4/h6-7,10,13,18,20H,5,8-9,11H2,1-4H3. The number of carbonyl (C=O) groups is 1. The first-order chi connectivity index (χ1) is 10.8. The monoisotopic (exact) mass is 322 g/mol. The quantitative estimate of drug-likeness (QED) is 0.895. The smallest absolute Gasteiger partial charge is 0.410 e. The molecule has 1 aromatic rings. The number of ether oxygens (including phenoxy) is 2. The van der Waals surface area contributed by atoms with Gasteiger partial charge in [0.05, 0.1) is 12.6 Å². The number of rotatable bonds is 3. The molecule has 1 aromatic carbocycles. The molecular formula is C17H26N2O4. The second-order valence-corrected chi connectivity index (χ2v) is 6.55. The van der Waals surface area contributed by atoms with Gasteiger partial charge in [-0.05, 0) is 45.4 Å².